The Morgan fingerprint density at radius 3 is 2.56 bits per heavy atom. The molecule has 0 radical (unpaired) electrons. The molecule has 1 amide bonds. The van der Waals surface area contributed by atoms with Crippen LogP contribution in [-0.2, 0) is 6.54 Å². The van der Waals surface area contributed by atoms with Gasteiger partial charge in [0.1, 0.15) is 11.6 Å². The Morgan fingerprint density at radius 2 is 1.84 bits per heavy atom. The first-order chi connectivity index (χ1) is 15.4. The Balaban J connectivity index is 1.52. The lowest BCUT2D eigenvalue weighted by atomic mass is 9.94. The number of carbonyl (C=O) groups is 1. The molecule has 1 aromatic heterocycles. The van der Waals surface area contributed by atoms with Crippen molar-refractivity contribution < 1.29 is 9.18 Å². The number of benzene rings is 2. The maximum atomic E-state index is 14.4. The number of piperidine rings is 1. The van der Waals surface area contributed by atoms with Crippen LogP contribution in [-0.4, -0.2) is 52.9 Å². The van der Waals surface area contributed by atoms with Crippen LogP contribution in [0.3, 0.4) is 0 Å². The molecule has 5 nitrogen and oxygen atoms in total. The van der Waals surface area contributed by atoms with Crippen LogP contribution >= 0.6 is 0 Å². The van der Waals surface area contributed by atoms with Crippen LogP contribution in [0.15, 0.2) is 54.7 Å². The normalized spacial score (nSPS) is 16.7. The molecule has 0 N–H and O–H groups in total. The van der Waals surface area contributed by atoms with Gasteiger partial charge < -0.3 is 4.90 Å². The molecule has 166 valence electrons. The molecular weight excluding hydrogens is 403 g/mol. The van der Waals surface area contributed by atoms with Gasteiger partial charge in [0.15, 0.2) is 0 Å². The first-order valence-corrected chi connectivity index (χ1v) is 11.0. The van der Waals surface area contributed by atoms with Crippen LogP contribution in [0.1, 0.15) is 46.2 Å². The Bertz CT molecular complexity index is 1110. The minimum atomic E-state index is -0.201. The van der Waals surface area contributed by atoms with Crippen molar-refractivity contribution in [1.29, 1.82) is 0 Å². The fraction of sp³-hybridized carbons (Fsp3) is 0.346. The van der Waals surface area contributed by atoms with Gasteiger partial charge in [0, 0.05) is 44.9 Å². The minimum Gasteiger partial charge on any atom is -0.345 e. The zero-order valence-corrected chi connectivity index (χ0v) is 18.9. The molecule has 3 aromatic rings. The summed E-state index contributed by atoms with van der Waals surface area (Å²) in [7, 11) is 3.46. The number of amides is 1. The molecule has 0 spiro atoms. The summed E-state index contributed by atoms with van der Waals surface area (Å²) in [5, 5.41) is 0. The van der Waals surface area contributed by atoms with Crippen LogP contribution in [0.5, 0.6) is 0 Å². The van der Waals surface area contributed by atoms with Crippen LogP contribution in [0.25, 0.3) is 11.1 Å². The molecule has 4 rings (SSSR count). The predicted molar refractivity (Wildman–Crippen MR) is 124 cm³/mol. The van der Waals surface area contributed by atoms with Crippen molar-refractivity contribution in [1.82, 2.24) is 19.8 Å². The van der Waals surface area contributed by atoms with Gasteiger partial charge in [-0.2, -0.15) is 0 Å². The maximum absolute atomic E-state index is 14.4. The highest BCUT2D eigenvalue weighted by Gasteiger charge is 2.25. The Kier molecular flexibility index (Phi) is 6.61. The third-order valence-electron chi connectivity index (χ3n) is 6.08. The van der Waals surface area contributed by atoms with E-state index in [1.54, 1.807) is 31.3 Å². The summed E-state index contributed by atoms with van der Waals surface area (Å²) in [6.45, 7) is 4.44. The van der Waals surface area contributed by atoms with Gasteiger partial charge in [-0.3, -0.25) is 9.69 Å². The third kappa shape index (κ3) is 4.70. The molecule has 1 saturated heterocycles. The minimum absolute atomic E-state index is 0.0796. The number of hydrogen-bond donors (Lipinski definition) is 0. The van der Waals surface area contributed by atoms with Gasteiger partial charge in [0.2, 0.25) is 0 Å². The van der Waals surface area contributed by atoms with Crippen LogP contribution in [0, 0.1) is 12.7 Å². The lowest BCUT2D eigenvalue weighted by molar-refractivity contribution is 0.0825. The van der Waals surface area contributed by atoms with Gasteiger partial charge in [-0.1, -0.05) is 42.5 Å². The largest absolute Gasteiger partial charge is 0.345 e. The number of rotatable bonds is 5. The summed E-state index contributed by atoms with van der Waals surface area (Å²) in [6, 6.07) is 15.0. The van der Waals surface area contributed by atoms with E-state index < -0.39 is 0 Å². The van der Waals surface area contributed by atoms with E-state index in [0.717, 1.165) is 55.1 Å². The van der Waals surface area contributed by atoms with Gasteiger partial charge >= 0.3 is 0 Å². The Labute approximate surface area is 188 Å². The van der Waals surface area contributed by atoms with Crippen LogP contribution in [0.2, 0.25) is 0 Å². The van der Waals surface area contributed by atoms with Crippen LogP contribution < -0.4 is 0 Å². The highest BCUT2D eigenvalue weighted by Crippen LogP contribution is 2.30. The van der Waals surface area contributed by atoms with E-state index in [0.29, 0.717) is 11.1 Å². The molecule has 1 aliphatic heterocycles. The SMILES string of the molecule is Cc1nc([C@@H]2CCCN(Cc3ccccc3-c3ccccc3F)C2)ncc1C(=O)N(C)C. The average molecular weight is 433 g/mol. The monoisotopic (exact) mass is 432 g/mol. The van der Waals surface area contributed by atoms with Crippen LogP contribution in [0.4, 0.5) is 4.39 Å². The van der Waals surface area contributed by atoms with Crippen molar-refractivity contribution in [2.45, 2.75) is 32.2 Å². The second kappa shape index (κ2) is 9.57. The van der Waals surface area contributed by atoms with E-state index in [2.05, 4.69) is 20.9 Å². The summed E-state index contributed by atoms with van der Waals surface area (Å²) in [4.78, 5) is 25.5. The van der Waals surface area contributed by atoms with Crippen molar-refractivity contribution in [3.8, 4) is 11.1 Å². The van der Waals surface area contributed by atoms with Crippen molar-refractivity contribution in [3.05, 3.63) is 83.2 Å². The molecule has 0 saturated carbocycles. The molecule has 2 aromatic carbocycles. The number of aryl methyl sites for hydroxylation is 1. The smallest absolute Gasteiger partial charge is 0.256 e. The molecule has 0 aliphatic carbocycles. The molecule has 1 atom stereocenters. The molecular formula is C26H29FN4O. The quantitative estimate of drug-likeness (QED) is 0.588. The zero-order chi connectivity index (χ0) is 22.7. The predicted octanol–water partition coefficient (Wildman–Crippen LogP) is 4.67. The van der Waals surface area contributed by atoms with E-state index in [9.17, 15) is 9.18 Å². The third-order valence-corrected chi connectivity index (χ3v) is 6.08. The fourth-order valence-electron chi connectivity index (χ4n) is 4.38. The summed E-state index contributed by atoms with van der Waals surface area (Å²) in [6.07, 6.45) is 3.73. The second-order valence-corrected chi connectivity index (χ2v) is 8.64. The van der Waals surface area contributed by atoms with E-state index in [4.69, 9.17) is 0 Å². The standard InChI is InChI=1S/C26H29FN4O/c1-18-23(26(32)30(2)3)15-28-25(29-18)20-10-8-14-31(17-20)16-19-9-4-5-11-21(19)22-12-6-7-13-24(22)27/h4-7,9,11-13,15,20H,8,10,14,16-17H2,1-3H3/t20-/m1/s1. The fourth-order valence-corrected chi connectivity index (χ4v) is 4.38. The lowest BCUT2D eigenvalue weighted by Gasteiger charge is -2.32. The van der Waals surface area contributed by atoms with Gasteiger partial charge in [0.05, 0.1) is 11.3 Å². The Hall–Kier alpha value is -3.12. The molecule has 2 heterocycles. The van der Waals surface area contributed by atoms with Gasteiger partial charge in [-0.25, -0.2) is 14.4 Å². The van der Waals surface area contributed by atoms with Gasteiger partial charge in [-0.05, 0) is 43.5 Å². The topological polar surface area (TPSA) is 49.3 Å². The molecule has 1 fully saturated rings. The van der Waals surface area contributed by atoms with Crippen molar-refractivity contribution in [2.24, 2.45) is 0 Å². The van der Waals surface area contributed by atoms with E-state index in [1.807, 2.05) is 37.3 Å². The zero-order valence-electron chi connectivity index (χ0n) is 18.9. The van der Waals surface area contributed by atoms with E-state index in [-0.39, 0.29) is 17.6 Å². The number of halogens is 1. The Morgan fingerprint density at radius 1 is 1.12 bits per heavy atom. The number of nitrogens with zero attached hydrogens (tertiary/aromatic N) is 4. The van der Waals surface area contributed by atoms with E-state index >= 15 is 0 Å². The van der Waals surface area contributed by atoms with Gasteiger partial charge in [0.25, 0.3) is 5.91 Å². The molecule has 32 heavy (non-hydrogen) atoms. The first-order valence-electron chi connectivity index (χ1n) is 11.0. The lowest BCUT2D eigenvalue weighted by Crippen LogP contribution is -2.35. The summed E-state index contributed by atoms with van der Waals surface area (Å²) >= 11 is 0. The number of carbonyl (C=O) groups excluding carboxylic acids is 1. The average Bonchev–Trinajstić information content (AvgIpc) is 2.79. The molecule has 0 unspecified atom stereocenters. The van der Waals surface area contributed by atoms with E-state index in [1.165, 1.54) is 6.07 Å². The number of likely N-dealkylation sites (tertiary alicyclic amines) is 1. The van der Waals surface area contributed by atoms with Crippen molar-refractivity contribution >= 4 is 5.91 Å². The van der Waals surface area contributed by atoms with Crippen molar-refractivity contribution in [3.63, 3.8) is 0 Å². The number of hydrogen-bond acceptors (Lipinski definition) is 4. The summed E-state index contributed by atoms with van der Waals surface area (Å²) in [5.41, 5.74) is 3.95. The number of aromatic nitrogens is 2. The second-order valence-electron chi connectivity index (χ2n) is 8.64. The maximum Gasteiger partial charge on any atom is 0.256 e. The highest BCUT2D eigenvalue weighted by atomic mass is 19.1. The summed E-state index contributed by atoms with van der Waals surface area (Å²) < 4.78 is 14.4. The summed E-state index contributed by atoms with van der Waals surface area (Å²) in [5.74, 6) is 0.730. The molecule has 0 bridgehead atoms. The van der Waals surface area contributed by atoms with Crippen molar-refractivity contribution in [2.75, 3.05) is 27.2 Å². The van der Waals surface area contributed by atoms with Gasteiger partial charge in [-0.15, -0.1) is 0 Å². The highest BCUT2D eigenvalue weighted by molar-refractivity contribution is 5.94. The molecule has 1 aliphatic rings. The first kappa shape index (κ1) is 22.1. The molecule has 6 heteroatoms.